The molecular formula is C22H24F6N6O4. The van der Waals surface area contributed by atoms with Crippen molar-refractivity contribution in [3.8, 4) is 5.75 Å². The molecule has 4 rings (SSSR count). The highest BCUT2D eigenvalue weighted by molar-refractivity contribution is 5.77. The molecule has 2 aliphatic heterocycles. The fourth-order valence-corrected chi connectivity index (χ4v) is 4.28. The van der Waals surface area contributed by atoms with E-state index in [2.05, 4.69) is 15.4 Å². The third kappa shape index (κ3) is 6.11. The van der Waals surface area contributed by atoms with E-state index in [0.717, 1.165) is 18.5 Å². The number of carbonyl (C=O) groups excluding carboxylic acids is 1. The van der Waals surface area contributed by atoms with Crippen molar-refractivity contribution in [2.24, 2.45) is 0 Å². The number of hydrogen-bond donors (Lipinski definition) is 2. The fourth-order valence-electron chi connectivity index (χ4n) is 4.28. The SMILES string of the molecule is C[C@H](COCCC(=O)N1CCN2c3ncc(C(F)(F)F)cc3OCC2C1)Nc1cn[nH]c(=O)c1C(F)(F)F. The number of anilines is 2. The van der Waals surface area contributed by atoms with Crippen molar-refractivity contribution in [1.29, 1.82) is 0 Å². The summed E-state index contributed by atoms with van der Waals surface area (Å²) in [5.74, 6) is 0.135. The van der Waals surface area contributed by atoms with E-state index in [1.54, 1.807) is 16.9 Å². The first-order chi connectivity index (χ1) is 17.8. The van der Waals surface area contributed by atoms with Crippen LogP contribution in [0.25, 0.3) is 0 Å². The second-order valence-electron chi connectivity index (χ2n) is 8.90. The lowest BCUT2D eigenvalue weighted by Crippen LogP contribution is -2.58. The van der Waals surface area contributed by atoms with Crippen molar-refractivity contribution in [2.45, 2.75) is 37.8 Å². The standard InChI is InChI=1S/C22H24F6N6O4/c1-12(31-15-8-30-32-20(36)18(15)22(26,27)28)10-37-5-2-17(35)33-3-4-34-14(9-33)11-38-16-6-13(21(23,24)25)7-29-19(16)34/h6-8,12,14H,2-5,9-11H2,1H3,(H2,31,32,36)/t12-,14?/m1/s1. The van der Waals surface area contributed by atoms with E-state index in [9.17, 15) is 35.9 Å². The molecule has 1 saturated heterocycles. The van der Waals surface area contributed by atoms with Gasteiger partial charge in [-0.3, -0.25) is 9.59 Å². The fraction of sp³-hybridized carbons (Fsp3) is 0.545. The number of fused-ring (bicyclic) bond motifs is 3. The van der Waals surface area contributed by atoms with Gasteiger partial charge in [-0.2, -0.15) is 31.4 Å². The molecular weight excluding hydrogens is 526 g/mol. The lowest BCUT2D eigenvalue weighted by Gasteiger charge is -2.44. The van der Waals surface area contributed by atoms with Crippen molar-refractivity contribution >= 4 is 17.4 Å². The number of halogens is 6. The molecule has 0 aromatic carbocycles. The van der Waals surface area contributed by atoms with Gasteiger partial charge in [-0.15, -0.1) is 0 Å². The average Bonchev–Trinajstić information content (AvgIpc) is 2.84. The zero-order chi connectivity index (χ0) is 27.7. The molecule has 2 atom stereocenters. The summed E-state index contributed by atoms with van der Waals surface area (Å²) in [6, 6.07) is 0.0164. The Morgan fingerprint density at radius 3 is 2.71 bits per heavy atom. The monoisotopic (exact) mass is 550 g/mol. The molecule has 0 bridgehead atoms. The highest BCUT2D eigenvalue weighted by Crippen LogP contribution is 2.38. The molecule has 1 unspecified atom stereocenters. The molecule has 208 valence electrons. The van der Waals surface area contributed by atoms with Crippen LogP contribution in [0.15, 0.2) is 23.3 Å². The van der Waals surface area contributed by atoms with Gasteiger partial charge in [-0.25, -0.2) is 10.1 Å². The van der Waals surface area contributed by atoms with Crippen molar-refractivity contribution in [3.63, 3.8) is 0 Å². The Hall–Kier alpha value is -3.56. The predicted molar refractivity (Wildman–Crippen MR) is 121 cm³/mol. The number of aromatic nitrogens is 3. The first-order valence-corrected chi connectivity index (χ1v) is 11.6. The lowest BCUT2D eigenvalue weighted by molar-refractivity contribution is -0.138. The first-order valence-electron chi connectivity index (χ1n) is 11.6. The van der Waals surface area contributed by atoms with Gasteiger partial charge in [0, 0.05) is 31.9 Å². The van der Waals surface area contributed by atoms with Gasteiger partial charge in [0.15, 0.2) is 11.6 Å². The molecule has 0 radical (unpaired) electrons. The summed E-state index contributed by atoms with van der Waals surface area (Å²) in [5, 5.41) is 7.69. The van der Waals surface area contributed by atoms with Gasteiger partial charge in [0.05, 0.1) is 43.1 Å². The number of nitrogens with one attached hydrogen (secondary N) is 2. The molecule has 38 heavy (non-hydrogen) atoms. The minimum absolute atomic E-state index is 0.0105. The molecule has 2 aliphatic rings. The molecule has 1 fully saturated rings. The number of H-pyrrole nitrogens is 1. The van der Waals surface area contributed by atoms with Gasteiger partial charge in [0.25, 0.3) is 5.56 Å². The van der Waals surface area contributed by atoms with Crippen molar-refractivity contribution in [2.75, 3.05) is 49.7 Å². The summed E-state index contributed by atoms with van der Waals surface area (Å²) >= 11 is 0. The Labute approximate surface area is 211 Å². The van der Waals surface area contributed by atoms with E-state index in [-0.39, 0.29) is 50.5 Å². The maximum absolute atomic E-state index is 13.2. The number of ether oxygens (including phenoxy) is 2. The third-order valence-electron chi connectivity index (χ3n) is 6.07. The molecule has 16 heteroatoms. The smallest absolute Gasteiger partial charge is 0.423 e. The van der Waals surface area contributed by atoms with Crippen LogP contribution in [-0.4, -0.2) is 77.5 Å². The van der Waals surface area contributed by atoms with E-state index >= 15 is 0 Å². The van der Waals surface area contributed by atoms with Crippen molar-refractivity contribution in [1.82, 2.24) is 20.1 Å². The highest BCUT2D eigenvalue weighted by Gasteiger charge is 2.39. The maximum atomic E-state index is 13.2. The van der Waals surface area contributed by atoms with Gasteiger partial charge in [0.2, 0.25) is 5.91 Å². The van der Waals surface area contributed by atoms with E-state index in [4.69, 9.17) is 9.47 Å². The number of carbonyl (C=O) groups is 1. The van der Waals surface area contributed by atoms with Crippen LogP contribution in [0.2, 0.25) is 0 Å². The van der Waals surface area contributed by atoms with Crippen LogP contribution in [0, 0.1) is 0 Å². The van der Waals surface area contributed by atoms with Crippen LogP contribution in [0.1, 0.15) is 24.5 Å². The summed E-state index contributed by atoms with van der Waals surface area (Å²) in [6.07, 6.45) is -7.77. The minimum atomic E-state index is -4.87. The van der Waals surface area contributed by atoms with Gasteiger partial charge < -0.3 is 24.6 Å². The molecule has 2 N–H and O–H groups in total. The molecule has 1 amide bonds. The maximum Gasteiger partial charge on any atom is 0.423 e. The number of pyridine rings is 1. The van der Waals surface area contributed by atoms with E-state index < -0.39 is 40.8 Å². The largest absolute Gasteiger partial charge is 0.487 e. The lowest BCUT2D eigenvalue weighted by atomic mass is 10.1. The minimum Gasteiger partial charge on any atom is -0.487 e. The number of rotatable bonds is 7. The topological polar surface area (TPSA) is 113 Å². The van der Waals surface area contributed by atoms with Crippen LogP contribution >= 0.6 is 0 Å². The first kappa shape index (κ1) is 27.5. The Morgan fingerprint density at radius 1 is 1.24 bits per heavy atom. The van der Waals surface area contributed by atoms with Gasteiger partial charge in [0.1, 0.15) is 12.2 Å². The van der Waals surface area contributed by atoms with Crippen LogP contribution in [0.4, 0.5) is 37.8 Å². The number of piperazine rings is 1. The van der Waals surface area contributed by atoms with E-state index in [0.29, 0.717) is 18.9 Å². The summed E-state index contributed by atoms with van der Waals surface area (Å²) in [6.45, 7) is 2.59. The molecule has 4 heterocycles. The molecule has 0 saturated carbocycles. The van der Waals surface area contributed by atoms with Crippen LogP contribution in [0.3, 0.4) is 0 Å². The number of nitrogens with zero attached hydrogens (tertiary/aromatic N) is 4. The molecule has 2 aromatic heterocycles. The van der Waals surface area contributed by atoms with Crippen LogP contribution in [-0.2, 0) is 21.9 Å². The van der Waals surface area contributed by atoms with Crippen molar-refractivity contribution in [3.05, 3.63) is 39.9 Å². The number of alkyl halides is 6. The van der Waals surface area contributed by atoms with Crippen LogP contribution in [0.5, 0.6) is 5.75 Å². The molecule has 2 aromatic rings. The number of hydrogen-bond acceptors (Lipinski definition) is 8. The number of aromatic amines is 1. The summed E-state index contributed by atoms with van der Waals surface area (Å²) < 4.78 is 89.2. The Balaban J connectivity index is 1.24. The molecule has 0 aliphatic carbocycles. The zero-order valence-corrected chi connectivity index (χ0v) is 20.0. The quantitative estimate of drug-likeness (QED) is 0.400. The predicted octanol–water partition coefficient (Wildman–Crippen LogP) is 2.52. The molecule has 0 spiro atoms. The van der Waals surface area contributed by atoms with Gasteiger partial charge in [-0.1, -0.05) is 0 Å². The summed E-state index contributed by atoms with van der Waals surface area (Å²) in [4.78, 5) is 31.6. The third-order valence-corrected chi connectivity index (χ3v) is 6.07. The average molecular weight is 550 g/mol. The summed E-state index contributed by atoms with van der Waals surface area (Å²) in [7, 11) is 0. The van der Waals surface area contributed by atoms with E-state index in [1.165, 1.54) is 0 Å². The Kier molecular flexibility index (Phi) is 7.71. The van der Waals surface area contributed by atoms with Gasteiger partial charge in [-0.05, 0) is 13.0 Å². The summed E-state index contributed by atoms with van der Waals surface area (Å²) in [5.41, 5.74) is -4.14. The Morgan fingerprint density at radius 2 is 2.00 bits per heavy atom. The highest BCUT2D eigenvalue weighted by atomic mass is 19.4. The second-order valence-corrected chi connectivity index (χ2v) is 8.90. The van der Waals surface area contributed by atoms with Gasteiger partial charge >= 0.3 is 12.4 Å². The Bertz CT molecular complexity index is 1220. The normalized spacial score (nSPS) is 18.3. The number of amides is 1. The molecule has 10 nitrogen and oxygen atoms in total. The van der Waals surface area contributed by atoms with Crippen molar-refractivity contribution < 1.29 is 40.6 Å². The second kappa shape index (κ2) is 10.7. The zero-order valence-electron chi connectivity index (χ0n) is 20.0. The van der Waals surface area contributed by atoms with E-state index in [1.807, 2.05) is 4.90 Å². The van der Waals surface area contributed by atoms with Crippen LogP contribution < -0.4 is 20.5 Å².